The Kier molecular flexibility index (Phi) is 7.20. The van der Waals surface area contributed by atoms with Crippen LogP contribution in [0.15, 0.2) is 36.4 Å². The molecule has 2 aromatic carbocycles. The second kappa shape index (κ2) is 10.3. The molecule has 1 aliphatic carbocycles. The highest BCUT2D eigenvalue weighted by Crippen LogP contribution is 2.31. The van der Waals surface area contributed by atoms with Crippen molar-refractivity contribution in [1.29, 1.82) is 0 Å². The van der Waals surface area contributed by atoms with Gasteiger partial charge in [0, 0.05) is 17.8 Å². The van der Waals surface area contributed by atoms with E-state index in [1.54, 1.807) is 14.2 Å². The van der Waals surface area contributed by atoms with Crippen molar-refractivity contribution in [3.8, 4) is 11.5 Å². The SMILES string of the molecule is COc1ccc(CCNC(=O)c2c(C)c3c(n2Cc2c(F)cccc2F)CCCC3)cc1OC. The maximum atomic E-state index is 14.4. The number of nitrogens with one attached hydrogen (secondary N) is 1. The van der Waals surface area contributed by atoms with Gasteiger partial charge in [0.2, 0.25) is 0 Å². The lowest BCUT2D eigenvalue weighted by Crippen LogP contribution is -2.29. The van der Waals surface area contributed by atoms with Gasteiger partial charge >= 0.3 is 0 Å². The van der Waals surface area contributed by atoms with Crippen LogP contribution in [-0.2, 0) is 25.8 Å². The molecule has 0 radical (unpaired) electrons. The lowest BCUT2D eigenvalue weighted by atomic mass is 9.95. The van der Waals surface area contributed by atoms with Crippen molar-refractivity contribution in [3.63, 3.8) is 0 Å². The van der Waals surface area contributed by atoms with E-state index < -0.39 is 11.6 Å². The van der Waals surface area contributed by atoms with Crippen molar-refractivity contribution in [2.45, 2.75) is 45.6 Å². The molecular formula is C27H30F2N2O3. The average molecular weight is 469 g/mol. The van der Waals surface area contributed by atoms with Crippen molar-refractivity contribution in [2.24, 2.45) is 0 Å². The molecule has 0 atom stereocenters. The molecule has 0 saturated carbocycles. The third-order valence-electron chi connectivity index (χ3n) is 6.58. The summed E-state index contributed by atoms with van der Waals surface area (Å²) < 4.78 is 41.3. The number of rotatable bonds is 8. The predicted molar refractivity (Wildman–Crippen MR) is 127 cm³/mol. The number of aromatic nitrogens is 1. The van der Waals surface area contributed by atoms with E-state index in [2.05, 4.69) is 5.32 Å². The van der Waals surface area contributed by atoms with Crippen molar-refractivity contribution in [3.05, 3.63) is 81.7 Å². The van der Waals surface area contributed by atoms with Crippen molar-refractivity contribution in [2.75, 3.05) is 20.8 Å². The monoisotopic (exact) mass is 468 g/mol. The molecule has 3 aromatic rings. The summed E-state index contributed by atoms with van der Waals surface area (Å²) in [5, 5.41) is 3.00. The first kappa shape index (κ1) is 23.8. The fourth-order valence-electron chi connectivity index (χ4n) is 4.82. The molecule has 1 N–H and O–H groups in total. The third kappa shape index (κ3) is 4.65. The molecule has 0 aliphatic heterocycles. The predicted octanol–water partition coefficient (Wildman–Crippen LogP) is 4.99. The molecule has 5 nitrogen and oxygen atoms in total. The van der Waals surface area contributed by atoms with Crippen LogP contribution in [0.25, 0.3) is 0 Å². The molecule has 1 heterocycles. The Labute approximate surface area is 198 Å². The van der Waals surface area contributed by atoms with Crippen LogP contribution in [0.1, 0.15) is 51.3 Å². The Balaban J connectivity index is 1.57. The summed E-state index contributed by atoms with van der Waals surface area (Å²) in [6, 6.07) is 9.52. The minimum atomic E-state index is -0.601. The molecule has 34 heavy (non-hydrogen) atoms. The molecule has 1 aromatic heterocycles. The van der Waals surface area contributed by atoms with Gasteiger partial charge in [0.05, 0.1) is 20.8 Å². The molecule has 0 saturated heterocycles. The van der Waals surface area contributed by atoms with E-state index >= 15 is 0 Å². The maximum Gasteiger partial charge on any atom is 0.268 e. The number of halogens is 2. The van der Waals surface area contributed by atoms with Crippen LogP contribution in [0, 0.1) is 18.6 Å². The van der Waals surface area contributed by atoms with E-state index in [-0.39, 0.29) is 18.0 Å². The number of carbonyl (C=O) groups excluding carboxylic acids is 1. The molecule has 1 amide bonds. The normalized spacial score (nSPS) is 12.9. The van der Waals surface area contributed by atoms with Crippen LogP contribution in [0.4, 0.5) is 8.78 Å². The fraction of sp³-hybridized carbons (Fsp3) is 0.370. The number of nitrogens with zero attached hydrogens (tertiary/aromatic N) is 1. The summed E-state index contributed by atoms with van der Waals surface area (Å²) in [6.07, 6.45) is 4.32. The van der Waals surface area contributed by atoms with Gasteiger partial charge in [-0.3, -0.25) is 4.79 Å². The van der Waals surface area contributed by atoms with Crippen LogP contribution in [0.5, 0.6) is 11.5 Å². The zero-order chi connectivity index (χ0) is 24.2. The van der Waals surface area contributed by atoms with E-state index in [4.69, 9.17) is 9.47 Å². The maximum absolute atomic E-state index is 14.4. The summed E-state index contributed by atoms with van der Waals surface area (Å²) in [4.78, 5) is 13.3. The quantitative estimate of drug-likeness (QED) is 0.507. The van der Waals surface area contributed by atoms with Gasteiger partial charge in [-0.1, -0.05) is 12.1 Å². The number of fused-ring (bicyclic) bond motifs is 1. The van der Waals surface area contributed by atoms with E-state index in [1.807, 2.05) is 29.7 Å². The van der Waals surface area contributed by atoms with Crippen molar-refractivity contribution >= 4 is 5.91 Å². The van der Waals surface area contributed by atoms with Crippen LogP contribution < -0.4 is 14.8 Å². The third-order valence-corrected chi connectivity index (χ3v) is 6.58. The highest BCUT2D eigenvalue weighted by Gasteiger charge is 2.27. The molecule has 0 unspecified atom stereocenters. The zero-order valence-corrected chi connectivity index (χ0v) is 19.8. The number of ether oxygens (including phenoxy) is 2. The fourth-order valence-corrected chi connectivity index (χ4v) is 4.82. The summed E-state index contributed by atoms with van der Waals surface area (Å²) in [5.74, 6) is -0.152. The van der Waals surface area contributed by atoms with E-state index in [1.165, 1.54) is 18.2 Å². The molecular weight excluding hydrogens is 438 g/mol. The van der Waals surface area contributed by atoms with Crippen molar-refractivity contribution in [1.82, 2.24) is 9.88 Å². The first-order valence-corrected chi connectivity index (χ1v) is 11.6. The second-order valence-corrected chi connectivity index (χ2v) is 8.59. The first-order valence-electron chi connectivity index (χ1n) is 11.6. The van der Waals surface area contributed by atoms with Crippen molar-refractivity contribution < 1.29 is 23.0 Å². The lowest BCUT2D eigenvalue weighted by molar-refractivity contribution is 0.0944. The van der Waals surface area contributed by atoms with Gasteiger partial charge in [0.15, 0.2) is 11.5 Å². The first-order chi connectivity index (χ1) is 16.4. The van der Waals surface area contributed by atoms with Gasteiger partial charge in [0.1, 0.15) is 17.3 Å². The Morgan fingerprint density at radius 2 is 1.74 bits per heavy atom. The zero-order valence-electron chi connectivity index (χ0n) is 19.8. The number of hydrogen-bond acceptors (Lipinski definition) is 3. The second-order valence-electron chi connectivity index (χ2n) is 8.59. The number of benzene rings is 2. The van der Waals surface area contributed by atoms with Crippen LogP contribution in [0.2, 0.25) is 0 Å². The van der Waals surface area contributed by atoms with Gasteiger partial charge in [-0.25, -0.2) is 8.78 Å². The van der Waals surface area contributed by atoms with E-state index in [9.17, 15) is 13.6 Å². The summed E-state index contributed by atoms with van der Waals surface area (Å²) >= 11 is 0. The standard InChI is InChI=1S/C27H30F2N2O3/c1-17-19-7-4-5-10-23(19)31(16-20-21(28)8-6-9-22(20)29)26(17)27(32)30-14-13-18-11-12-24(33-2)25(15-18)34-3/h6,8-9,11-12,15H,4-5,7,10,13-14,16H2,1-3H3,(H,30,32). The molecule has 0 bridgehead atoms. The van der Waals surface area contributed by atoms with Gasteiger partial charge in [0.25, 0.3) is 5.91 Å². The van der Waals surface area contributed by atoms with E-state index in [0.717, 1.165) is 48.1 Å². The molecule has 0 spiro atoms. The molecule has 1 aliphatic rings. The number of hydrogen-bond donors (Lipinski definition) is 1. The van der Waals surface area contributed by atoms with Crippen LogP contribution in [0.3, 0.4) is 0 Å². The molecule has 4 rings (SSSR count). The molecule has 0 fully saturated rings. The highest BCUT2D eigenvalue weighted by atomic mass is 19.1. The summed E-state index contributed by atoms with van der Waals surface area (Å²) in [5.41, 5.74) is 4.50. The van der Waals surface area contributed by atoms with Gasteiger partial charge < -0.3 is 19.4 Å². The Hall–Kier alpha value is -3.35. The Morgan fingerprint density at radius 1 is 1.03 bits per heavy atom. The molecule has 180 valence electrons. The van der Waals surface area contributed by atoms with E-state index in [0.29, 0.717) is 30.2 Å². The highest BCUT2D eigenvalue weighted by molar-refractivity contribution is 5.95. The Bertz CT molecular complexity index is 1180. The average Bonchev–Trinajstić information content (AvgIpc) is 3.12. The smallest absolute Gasteiger partial charge is 0.268 e. The van der Waals surface area contributed by atoms with Crippen LogP contribution >= 0.6 is 0 Å². The molecule has 7 heteroatoms. The summed E-state index contributed by atoms with van der Waals surface area (Å²) in [6.45, 7) is 2.34. The lowest BCUT2D eigenvalue weighted by Gasteiger charge is -2.18. The topological polar surface area (TPSA) is 52.5 Å². The summed E-state index contributed by atoms with van der Waals surface area (Å²) in [7, 11) is 3.17. The van der Waals surface area contributed by atoms with Gasteiger partial charge in [-0.05, 0) is 80.0 Å². The van der Waals surface area contributed by atoms with Gasteiger partial charge in [-0.15, -0.1) is 0 Å². The number of amides is 1. The minimum Gasteiger partial charge on any atom is -0.493 e. The number of methoxy groups -OCH3 is 2. The van der Waals surface area contributed by atoms with Crippen LogP contribution in [-0.4, -0.2) is 31.2 Å². The number of carbonyl (C=O) groups is 1. The Morgan fingerprint density at radius 3 is 2.44 bits per heavy atom. The minimum absolute atomic E-state index is 0.00683. The largest absolute Gasteiger partial charge is 0.493 e. The van der Waals surface area contributed by atoms with Gasteiger partial charge in [-0.2, -0.15) is 0 Å².